The molecule has 1 atom stereocenters. The second-order valence-corrected chi connectivity index (χ2v) is 9.31. The summed E-state index contributed by atoms with van der Waals surface area (Å²) in [5, 5.41) is 7.75. The van der Waals surface area contributed by atoms with E-state index in [0.29, 0.717) is 15.6 Å². The predicted molar refractivity (Wildman–Crippen MR) is 113 cm³/mol. The van der Waals surface area contributed by atoms with Gasteiger partial charge in [-0.3, -0.25) is 4.79 Å². The molecule has 1 unspecified atom stereocenters. The fourth-order valence-electron chi connectivity index (χ4n) is 2.96. The van der Waals surface area contributed by atoms with Gasteiger partial charge in [-0.05, 0) is 48.7 Å². The second-order valence-electron chi connectivity index (χ2n) is 6.46. The molecule has 7 heteroatoms. The molecule has 3 aromatic rings. The number of thioether (sulfide) groups is 1. The van der Waals surface area contributed by atoms with Crippen LogP contribution in [-0.2, 0) is 4.79 Å². The molecule has 27 heavy (non-hydrogen) atoms. The average Bonchev–Trinajstić information content (AvgIpc) is 3.48. The van der Waals surface area contributed by atoms with Crippen molar-refractivity contribution in [2.24, 2.45) is 5.92 Å². The van der Waals surface area contributed by atoms with Gasteiger partial charge in [0.2, 0.25) is 5.91 Å². The summed E-state index contributed by atoms with van der Waals surface area (Å²) in [6, 6.07) is 20.1. The molecule has 138 valence electrons. The Bertz CT molecular complexity index is 965. The van der Waals surface area contributed by atoms with Gasteiger partial charge in [0.05, 0.1) is 17.5 Å². The third-order valence-corrected chi connectivity index (χ3v) is 6.79. The van der Waals surface area contributed by atoms with E-state index in [-0.39, 0.29) is 11.9 Å². The lowest BCUT2D eigenvalue weighted by molar-refractivity contribution is -0.119. The number of nitrogens with zero attached hydrogens (tertiary/aromatic N) is 2. The Hall–Kier alpha value is -1.96. The zero-order chi connectivity index (χ0) is 18.6. The van der Waals surface area contributed by atoms with Crippen LogP contribution in [0.5, 0.6) is 0 Å². The van der Waals surface area contributed by atoms with Crippen LogP contribution in [0, 0.1) is 9.87 Å². The predicted octanol–water partition coefficient (Wildman–Crippen LogP) is 5.02. The quantitative estimate of drug-likeness (QED) is 0.436. The van der Waals surface area contributed by atoms with Crippen molar-refractivity contribution in [1.29, 1.82) is 0 Å². The van der Waals surface area contributed by atoms with Crippen LogP contribution in [0.15, 0.2) is 65.0 Å². The highest BCUT2D eigenvalue weighted by Gasteiger charge is 2.33. The Labute approximate surface area is 171 Å². The summed E-state index contributed by atoms with van der Waals surface area (Å²) in [6.45, 7) is 0. The number of carbonyl (C=O) groups excluding carboxylic acids is 1. The number of carbonyl (C=O) groups is 1. The zero-order valence-electron chi connectivity index (χ0n) is 14.6. The van der Waals surface area contributed by atoms with Crippen LogP contribution >= 0.6 is 35.3 Å². The van der Waals surface area contributed by atoms with Crippen LogP contribution in [0.2, 0.25) is 0 Å². The summed E-state index contributed by atoms with van der Waals surface area (Å²) in [5.74, 6) is 0.932. The van der Waals surface area contributed by atoms with E-state index in [9.17, 15) is 4.79 Å². The molecular weight excluding hydrogens is 394 g/mol. The van der Waals surface area contributed by atoms with Gasteiger partial charge in [-0.25, -0.2) is 4.68 Å². The third-order valence-electron chi connectivity index (χ3n) is 4.43. The van der Waals surface area contributed by atoms with Crippen LogP contribution in [0.3, 0.4) is 0 Å². The standard InChI is InChI=1S/C20H19N3OS3/c24-17(21-18(15-11-12-15)14-7-3-1-4-8-14)13-26-19-22-23(20(25)27-19)16-9-5-2-6-10-16/h1-10,15,18H,11-13H2,(H,21,24). The number of aromatic nitrogens is 2. The van der Waals surface area contributed by atoms with E-state index >= 15 is 0 Å². The number of hydrogen-bond donors (Lipinski definition) is 1. The van der Waals surface area contributed by atoms with E-state index in [0.717, 1.165) is 10.0 Å². The normalized spacial score (nSPS) is 14.7. The van der Waals surface area contributed by atoms with Gasteiger partial charge in [-0.15, -0.1) is 5.10 Å². The van der Waals surface area contributed by atoms with Crippen molar-refractivity contribution in [2.45, 2.75) is 23.2 Å². The molecule has 0 spiro atoms. The van der Waals surface area contributed by atoms with Gasteiger partial charge in [0, 0.05) is 0 Å². The number of benzene rings is 2. The Balaban J connectivity index is 1.39. The zero-order valence-corrected chi connectivity index (χ0v) is 17.0. The van der Waals surface area contributed by atoms with E-state index in [1.807, 2.05) is 48.5 Å². The molecule has 1 N–H and O–H groups in total. The van der Waals surface area contributed by atoms with Gasteiger partial charge in [-0.2, -0.15) is 0 Å². The van der Waals surface area contributed by atoms with Crippen LogP contribution in [-0.4, -0.2) is 21.4 Å². The SMILES string of the molecule is O=C(CSc1nn(-c2ccccc2)c(=S)s1)NC(c1ccccc1)C1CC1. The van der Waals surface area contributed by atoms with E-state index in [1.54, 1.807) is 4.68 Å². The summed E-state index contributed by atoms with van der Waals surface area (Å²) in [5.41, 5.74) is 2.12. The van der Waals surface area contributed by atoms with Crippen molar-refractivity contribution in [2.75, 3.05) is 5.75 Å². The summed E-state index contributed by atoms with van der Waals surface area (Å²) < 4.78 is 3.24. The molecule has 4 nitrogen and oxygen atoms in total. The minimum absolute atomic E-state index is 0.0353. The summed E-state index contributed by atoms with van der Waals surface area (Å²) in [7, 11) is 0. The van der Waals surface area contributed by atoms with Gasteiger partial charge in [0.15, 0.2) is 8.29 Å². The maximum absolute atomic E-state index is 12.5. The lowest BCUT2D eigenvalue weighted by Gasteiger charge is -2.18. The Morgan fingerprint density at radius 1 is 1.19 bits per heavy atom. The van der Waals surface area contributed by atoms with E-state index in [4.69, 9.17) is 12.2 Å². The van der Waals surface area contributed by atoms with Crippen molar-refractivity contribution in [3.05, 3.63) is 70.2 Å². The molecule has 1 amide bonds. The minimum atomic E-state index is 0.0353. The van der Waals surface area contributed by atoms with Gasteiger partial charge in [0.25, 0.3) is 0 Å². The van der Waals surface area contributed by atoms with Crippen molar-refractivity contribution in [3.63, 3.8) is 0 Å². The maximum atomic E-state index is 12.5. The lowest BCUT2D eigenvalue weighted by atomic mass is 10.0. The molecule has 2 aromatic carbocycles. The van der Waals surface area contributed by atoms with E-state index < -0.39 is 0 Å². The summed E-state index contributed by atoms with van der Waals surface area (Å²) in [4.78, 5) is 12.5. The van der Waals surface area contributed by atoms with Gasteiger partial charge < -0.3 is 5.32 Å². The molecule has 0 saturated heterocycles. The maximum Gasteiger partial charge on any atom is 0.230 e. The highest BCUT2D eigenvalue weighted by molar-refractivity contribution is 8.01. The molecule has 1 heterocycles. The van der Waals surface area contributed by atoms with Crippen molar-refractivity contribution in [3.8, 4) is 5.69 Å². The van der Waals surface area contributed by atoms with Crippen molar-refractivity contribution < 1.29 is 4.79 Å². The van der Waals surface area contributed by atoms with Crippen molar-refractivity contribution in [1.82, 2.24) is 15.1 Å². The number of hydrogen-bond acceptors (Lipinski definition) is 5. The minimum Gasteiger partial charge on any atom is -0.348 e. The van der Waals surface area contributed by atoms with E-state index in [1.165, 1.54) is 41.5 Å². The molecule has 0 radical (unpaired) electrons. The average molecular weight is 414 g/mol. The highest BCUT2D eigenvalue weighted by Crippen LogP contribution is 2.41. The Morgan fingerprint density at radius 2 is 1.85 bits per heavy atom. The van der Waals surface area contributed by atoms with Crippen LogP contribution in [0.4, 0.5) is 0 Å². The first kappa shape index (κ1) is 18.4. The second kappa shape index (κ2) is 8.37. The fourth-order valence-corrected chi connectivity index (χ4v) is 5.13. The largest absolute Gasteiger partial charge is 0.348 e. The molecule has 1 saturated carbocycles. The third kappa shape index (κ3) is 4.66. The summed E-state index contributed by atoms with van der Waals surface area (Å²) in [6.07, 6.45) is 2.35. The van der Waals surface area contributed by atoms with Crippen LogP contribution in [0.1, 0.15) is 24.4 Å². The number of amides is 1. The topological polar surface area (TPSA) is 46.9 Å². The molecule has 4 rings (SSSR count). The molecular formula is C20H19N3OS3. The first-order chi connectivity index (χ1) is 13.2. The first-order valence-electron chi connectivity index (χ1n) is 8.83. The molecule has 0 aliphatic heterocycles. The van der Waals surface area contributed by atoms with Gasteiger partial charge in [0.1, 0.15) is 0 Å². The number of rotatable bonds is 7. The van der Waals surface area contributed by atoms with Crippen LogP contribution in [0.25, 0.3) is 5.69 Å². The van der Waals surface area contributed by atoms with Crippen LogP contribution < -0.4 is 5.32 Å². The Kier molecular flexibility index (Phi) is 5.71. The molecule has 1 fully saturated rings. The van der Waals surface area contributed by atoms with Gasteiger partial charge >= 0.3 is 0 Å². The molecule has 0 bridgehead atoms. The monoisotopic (exact) mass is 413 g/mol. The number of para-hydroxylation sites is 1. The molecule has 1 aliphatic carbocycles. The van der Waals surface area contributed by atoms with Crippen molar-refractivity contribution >= 4 is 41.2 Å². The first-order valence-corrected chi connectivity index (χ1v) is 11.0. The Morgan fingerprint density at radius 3 is 2.52 bits per heavy atom. The molecule has 1 aliphatic rings. The lowest BCUT2D eigenvalue weighted by Crippen LogP contribution is -2.31. The highest BCUT2D eigenvalue weighted by atomic mass is 32.2. The van der Waals surface area contributed by atoms with Gasteiger partial charge in [-0.1, -0.05) is 71.6 Å². The molecule has 1 aromatic heterocycles. The van der Waals surface area contributed by atoms with E-state index in [2.05, 4.69) is 22.5 Å². The number of nitrogens with one attached hydrogen (secondary N) is 1. The summed E-state index contributed by atoms with van der Waals surface area (Å²) >= 11 is 8.29. The smallest absolute Gasteiger partial charge is 0.230 e. The fraction of sp³-hybridized carbons (Fsp3) is 0.250.